The van der Waals surface area contributed by atoms with E-state index >= 15 is 0 Å². The number of nitrogens with two attached hydrogens (primary N) is 1. The minimum absolute atomic E-state index is 0.125. The molecule has 0 saturated heterocycles. The van der Waals surface area contributed by atoms with Crippen LogP contribution >= 0.6 is 0 Å². The zero-order valence-electron chi connectivity index (χ0n) is 13.6. The molecule has 0 aliphatic rings. The van der Waals surface area contributed by atoms with Crippen LogP contribution in [0.25, 0.3) is 0 Å². The van der Waals surface area contributed by atoms with E-state index in [9.17, 15) is 4.79 Å². The van der Waals surface area contributed by atoms with Crippen LogP contribution in [0.2, 0.25) is 0 Å². The number of aliphatic imine (C=N–C) groups is 1. The average Bonchev–Trinajstić information content (AvgIpc) is 2.49. The molecule has 3 N–H and O–H groups in total. The van der Waals surface area contributed by atoms with Crippen LogP contribution in [0.3, 0.4) is 0 Å². The van der Waals surface area contributed by atoms with Crippen molar-refractivity contribution in [2.45, 2.75) is 45.4 Å². The predicted octanol–water partition coefficient (Wildman–Crippen LogP) is 3.24. The fraction of sp³-hybridized carbons (Fsp3) is 0.529. The van der Waals surface area contributed by atoms with Crippen LogP contribution < -0.4 is 11.1 Å². The molecule has 122 valence electrons. The summed E-state index contributed by atoms with van der Waals surface area (Å²) in [5.41, 5.74) is 8.00. The van der Waals surface area contributed by atoms with Gasteiger partial charge in [0.05, 0.1) is 7.11 Å². The van der Waals surface area contributed by atoms with Crippen LogP contribution in [0.15, 0.2) is 29.3 Å². The normalized spacial score (nSPS) is 11.3. The number of ether oxygens (including phenoxy) is 1. The molecule has 5 heteroatoms. The van der Waals surface area contributed by atoms with E-state index in [1.54, 1.807) is 0 Å². The largest absolute Gasteiger partial charge is 0.469 e. The summed E-state index contributed by atoms with van der Waals surface area (Å²) >= 11 is 0. The van der Waals surface area contributed by atoms with E-state index in [-0.39, 0.29) is 5.97 Å². The first-order valence-electron chi connectivity index (χ1n) is 7.82. The highest BCUT2D eigenvalue weighted by molar-refractivity contribution is 5.92. The maximum Gasteiger partial charge on any atom is 0.305 e. The maximum atomic E-state index is 10.9. The first-order valence-corrected chi connectivity index (χ1v) is 7.82. The Morgan fingerprint density at radius 1 is 1.23 bits per heavy atom. The zero-order chi connectivity index (χ0) is 16.2. The number of benzene rings is 1. The monoisotopic (exact) mass is 305 g/mol. The standard InChI is InChI=1S/C17H27N3O2/c1-14-9-8-10-15(13-14)20-17(18)19-12-7-5-3-4-6-11-16(21)22-2/h8-10,13H,3-7,11-12H2,1-2H3,(H3,18,19,20). The third-order valence-electron chi connectivity index (χ3n) is 3.34. The summed E-state index contributed by atoms with van der Waals surface area (Å²) in [4.78, 5) is 15.2. The molecule has 0 saturated carbocycles. The van der Waals surface area contributed by atoms with Gasteiger partial charge in [0.25, 0.3) is 0 Å². The van der Waals surface area contributed by atoms with Crippen LogP contribution in [-0.2, 0) is 9.53 Å². The minimum Gasteiger partial charge on any atom is -0.469 e. The second-order valence-corrected chi connectivity index (χ2v) is 5.36. The Labute approximate surface area is 133 Å². The van der Waals surface area contributed by atoms with E-state index in [2.05, 4.69) is 15.0 Å². The van der Waals surface area contributed by atoms with Gasteiger partial charge in [-0.2, -0.15) is 0 Å². The van der Waals surface area contributed by atoms with Gasteiger partial charge in [-0.05, 0) is 37.5 Å². The second-order valence-electron chi connectivity index (χ2n) is 5.36. The smallest absolute Gasteiger partial charge is 0.305 e. The van der Waals surface area contributed by atoms with Crippen LogP contribution in [0.1, 0.15) is 44.1 Å². The van der Waals surface area contributed by atoms with Crippen molar-refractivity contribution in [1.29, 1.82) is 0 Å². The molecule has 1 rings (SSSR count). The summed E-state index contributed by atoms with van der Waals surface area (Å²) in [5, 5.41) is 3.09. The lowest BCUT2D eigenvalue weighted by Crippen LogP contribution is -2.22. The van der Waals surface area contributed by atoms with Crippen molar-refractivity contribution in [3.05, 3.63) is 29.8 Å². The molecule has 5 nitrogen and oxygen atoms in total. The van der Waals surface area contributed by atoms with E-state index in [1.165, 1.54) is 12.7 Å². The van der Waals surface area contributed by atoms with E-state index < -0.39 is 0 Å². The van der Waals surface area contributed by atoms with Gasteiger partial charge < -0.3 is 15.8 Å². The molecular formula is C17H27N3O2. The molecule has 0 aromatic heterocycles. The van der Waals surface area contributed by atoms with Crippen LogP contribution in [0.4, 0.5) is 5.69 Å². The Morgan fingerprint density at radius 2 is 1.95 bits per heavy atom. The molecule has 0 atom stereocenters. The van der Waals surface area contributed by atoms with Crippen molar-refractivity contribution >= 4 is 17.6 Å². The molecular weight excluding hydrogens is 278 g/mol. The maximum absolute atomic E-state index is 10.9. The molecule has 1 aromatic rings. The quantitative estimate of drug-likeness (QED) is 0.318. The van der Waals surface area contributed by atoms with Crippen molar-refractivity contribution in [2.24, 2.45) is 10.7 Å². The van der Waals surface area contributed by atoms with Crippen LogP contribution in [-0.4, -0.2) is 25.6 Å². The number of hydrogen-bond acceptors (Lipinski definition) is 3. The van der Waals surface area contributed by atoms with Gasteiger partial charge in [-0.25, -0.2) is 0 Å². The number of rotatable bonds is 9. The van der Waals surface area contributed by atoms with Crippen molar-refractivity contribution in [2.75, 3.05) is 19.0 Å². The highest BCUT2D eigenvalue weighted by Crippen LogP contribution is 2.09. The van der Waals surface area contributed by atoms with Crippen molar-refractivity contribution in [1.82, 2.24) is 0 Å². The lowest BCUT2D eigenvalue weighted by atomic mass is 10.1. The molecule has 22 heavy (non-hydrogen) atoms. The Morgan fingerprint density at radius 3 is 2.68 bits per heavy atom. The van der Waals surface area contributed by atoms with Crippen LogP contribution in [0, 0.1) is 6.92 Å². The topological polar surface area (TPSA) is 76.7 Å². The number of aryl methyl sites for hydroxylation is 1. The summed E-state index contributed by atoms with van der Waals surface area (Å²) in [6, 6.07) is 8.03. The number of hydrogen-bond donors (Lipinski definition) is 2. The number of nitrogens with one attached hydrogen (secondary N) is 1. The van der Waals surface area contributed by atoms with Gasteiger partial charge in [-0.15, -0.1) is 0 Å². The minimum atomic E-state index is -0.125. The molecule has 0 unspecified atom stereocenters. The number of carbonyl (C=O) groups is 1. The fourth-order valence-electron chi connectivity index (χ4n) is 2.12. The molecule has 1 aromatic carbocycles. The number of anilines is 1. The highest BCUT2D eigenvalue weighted by atomic mass is 16.5. The number of esters is 1. The summed E-state index contributed by atoms with van der Waals surface area (Å²) in [7, 11) is 1.43. The fourth-order valence-corrected chi connectivity index (χ4v) is 2.12. The molecule has 0 fully saturated rings. The van der Waals surface area contributed by atoms with Gasteiger partial charge in [0.1, 0.15) is 0 Å². The van der Waals surface area contributed by atoms with Crippen molar-refractivity contribution in [3.8, 4) is 0 Å². The van der Waals surface area contributed by atoms with E-state index in [0.29, 0.717) is 12.4 Å². The number of carbonyl (C=O) groups excluding carboxylic acids is 1. The van der Waals surface area contributed by atoms with Gasteiger partial charge >= 0.3 is 5.97 Å². The van der Waals surface area contributed by atoms with Crippen LogP contribution in [0.5, 0.6) is 0 Å². The Balaban J connectivity index is 2.09. The SMILES string of the molecule is COC(=O)CCCCCCCN=C(N)Nc1cccc(C)c1. The average molecular weight is 305 g/mol. The number of unbranched alkanes of at least 4 members (excludes halogenated alkanes) is 4. The summed E-state index contributed by atoms with van der Waals surface area (Å²) in [6.45, 7) is 2.76. The summed E-state index contributed by atoms with van der Waals surface area (Å²) in [5.74, 6) is 0.330. The first kappa shape index (κ1) is 18.0. The zero-order valence-corrected chi connectivity index (χ0v) is 13.6. The number of methoxy groups -OCH3 is 1. The third-order valence-corrected chi connectivity index (χ3v) is 3.34. The van der Waals surface area contributed by atoms with Gasteiger partial charge in [0.15, 0.2) is 5.96 Å². The predicted molar refractivity (Wildman–Crippen MR) is 91.0 cm³/mol. The third kappa shape index (κ3) is 8.29. The number of nitrogens with zero attached hydrogens (tertiary/aromatic N) is 1. The Hall–Kier alpha value is -2.04. The molecule has 0 heterocycles. The number of guanidine groups is 1. The Kier molecular flexibility index (Phi) is 8.72. The molecule has 0 spiro atoms. The molecule has 0 amide bonds. The van der Waals surface area contributed by atoms with Gasteiger partial charge in [-0.3, -0.25) is 9.79 Å². The molecule has 0 aliphatic heterocycles. The highest BCUT2D eigenvalue weighted by Gasteiger charge is 1.99. The first-order chi connectivity index (χ1) is 10.6. The van der Waals surface area contributed by atoms with E-state index in [1.807, 2.05) is 31.2 Å². The second kappa shape index (κ2) is 10.7. The lowest BCUT2D eigenvalue weighted by Gasteiger charge is -2.06. The van der Waals surface area contributed by atoms with Crippen molar-refractivity contribution < 1.29 is 9.53 Å². The molecule has 0 radical (unpaired) electrons. The van der Waals surface area contributed by atoms with Crippen molar-refractivity contribution in [3.63, 3.8) is 0 Å². The molecule has 0 aliphatic carbocycles. The Bertz CT molecular complexity index is 487. The lowest BCUT2D eigenvalue weighted by molar-refractivity contribution is -0.140. The van der Waals surface area contributed by atoms with Gasteiger partial charge in [0.2, 0.25) is 0 Å². The van der Waals surface area contributed by atoms with Gasteiger partial charge in [-0.1, -0.05) is 31.4 Å². The van der Waals surface area contributed by atoms with E-state index in [0.717, 1.165) is 44.3 Å². The summed E-state index contributed by atoms with van der Waals surface area (Å²) < 4.78 is 4.60. The summed E-state index contributed by atoms with van der Waals surface area (Å²) in [6.07, 6.45) is 5.68. The van der Waals surface area contributed by atoms with E-state index in [4.69, 9.17) is 5.73 Å². The van der Waals surface area contributed by atoms with Gasteiger partial charge in [0, 0.05) is 18.7 Å². The molecule has 0 bridgehead atoms.